The average Bonchev–Trinajstić information content (AvgIpc) is 3.22. The molecule has 0 aliphatic carbocycles. The summed E-state index contributed by atoms with van der Waals surface area (Å²) in [4.78, 5) is 30.4. The molecular formula is C33H38N2O4. The van der Waals surface area contributed by atoms with Crippen molar-refractivity contribution in [1.29, 1.82) is 0 Å². The maximum Gasteiger partial charge on any atom is 0.295 e. The van der Waals surface area contributed by atoms with Gasteiger partial charge in [0, 0.05) is 18.7 Å². The number of likely N-dealkylation sites (N-methyl/N-ethyl adjacent to an activating group) is 1. The molecule has 1 heterocycles. The number of Topliss-reactive ketones (excluding diaryl/α,β-unsaturated/α-hetero) is 1. The summed E-state index contributed by atoms with van der Waals surface area (Å²) in [6.07, 6.45) is 0.890. The Morgan fingerprint density at radius 3 is 2.08 bits per heavy atom. The van der Waals surface area contributed by atoms with E-state index in [-0.39, 0.29) is 11.3 Å². The third-order valence-electron chi connectivity index (χ3n) is 7.45. The van der Waals surface area contributed by atoms with Gasteiger partial charge in [-0.3, -0.25) is 9.59 Å². The molecule has 1 saturated heterocycles. The molecule has 0 aromatic heterocycles. The smallest absolute Gasteiger partial charge is 0.295 e. The fraction of sp³-hybridized carbons (Fsp3) is 0.333. The van der Waals surface area contributed by atoms with Gasteiger partial charge in [-0.2, -0.15) is 0 Å². The van der Waals surface area contributed by atoms with Crippen LogP contribution in [0.15, 0.2) is 78.4 Å². The zero-order valence-electron chi connectivity index (χ0n) is 23.3. The first-order valence-electron chi connectivity index (χ1n) is 13.7. The van der Waals surface area contributed by atoms with Crippen molar-refractivity contribution in [3.05, 3.63) is 106 Å². The summed E-state index contributed by atoms with van der Waals surface area (Å²) in [5, 5.41) is 11.4. The van der Waals surface area contributed by atoms with Gasteiger partial charge in [0.1, 0.15) is 18.1 Å². The summed E-state index contributed by atoms with van der Waals surface area (Å²) in [5.74, 6) is -0.755. The van der Waals surface area contributed by atoms with Gasteiger partial charge in [0.05, 0.1) is 11.6 Å². The highest BCUT2D eigenvalue weighted by Gasteiger charge is 2.45. The Morgan fingerprint density at radius 2 is 1.49 bits per heavy atom. The van der Waals surface area contributed by atoms with Crippen LogP contribution in [0, 0.1) is 6.92 Å². The van der Waals surface area contributed by atoms with E-state index in [1.54, 1.807) is 29.2 Å². The fourth-order valence-corrected chi connectivity index (χ4v) is 4.90. The van der Waals surface area contributed by atoms with Crippen molar-refractivity contribution in [2.45, 2.75) is 46.8 Å². The molecule has 0 bridgehead atoms. The molecule has 0 radical (unpaired) electrons. The molecule has 1 N–H and O–H groups in total. The van der Waals surface area contributed by atoms with Crippen molar-refractivity contribution >= 4 is 17.4 Å². The zero-order chi connectivity index (χ0) is 27.9. The molecule has 6 nitrogen and oxygen atoms in total. The van der Waals surface area contributed by atoms with Gasteiger partial charge in [0.25, 0.3) is 11.7 Å². The number of rotatable bonds is 11. The number of hydrogen-bond donors (Lipinski definition) is 1. The summed E-state index contributed by atoms with van der Waals surface area (Å²) < 4.78 is 5.90. The van der Waals surface area contributed by atoms with E-state index in [0.29, 0.717) is 31.0 Å². The highest BCUT2D eigenvalue weighted by atomic mass is 16.5. The number of aryl methyl sites for hydroxylation is 2. The standard InChI is InChI=1S/C33H38N2O4/c1-5-24-12-14-26(15-13-24)30-29(32(37)33(38)35(30)21-20-34(6-2)7-3)31(36)27-16-18-28(19-17-27)39-22-25-10-8-23(4)9-11-25/h8-19,30,36H,5-7,20-22H2,1-4H3/t30-/m0/s1. The van der Waals surface area contributed by atoms with Gasteiger partial charge in [-0.15, -0.1) is 0 Å². The summed E-state index contributed by atoms with van der Waals surface area (Å²) >= 11 is 0. The van der Waals surface area contributed by atoms with Crippen LogP contribution in [-0.4, -0.2) is 52.8 Å². The molecule has 6 heteroatoms. The third-order valence-corrected chi connectivity index (χ3v) is 7.45. The SMILES string of the molecule is CCc1ccc([C@H]2C(=C(O)c3ccc(OCc4ccc(C)cc4)cc3)C(=O)C(=O)N2CCN(CC)CC)cc1. The Balaban J connectivity index is 1.63. The number of aliphatic hydroxyl groups excluding tert-OH is 1. The van der Waals surface area contributed by atoms with Crippen LogP contribution >= 0.6 is 0 Å². The van der Waals surface area contributed by atoms with Crippen molar-refractivity contribution in [2.24, 2.45) is 0 Å². The first-order valence-corrected chi connectivity index (χ1v) is 13.7. The lowest BCUT2D eigenvalue weighted by molar-refractivity contribution is -0.140. The number of benzene rings is 3. The van der Waals surface area contributed by atoms with Crippen LogP contribution in [0.3, 0.4) is 0 Å². The van der Waals surface area contributed by atoms with Crippen LogP contribution in [0.2, 0.25) is 0 Å². The Labute approximate surface area is 231 Å². The summed E-state index contributed by atoms with van der Waals surface area (Å²) in [5.41, 5.74) is 4.82. The van der Waals surface area contributed by atoms with Crippen molar-refractivity contribution in [2.75, 3.05) is 26.2 Å². The fourth-order valence-electron chi connectivity index (χ4n) is 4.90. The number of nitrogens with zero attached hydrogens (tertiary/aromatic N) is 2. The number of amides is 1. The molecule has 3 aromatic carbocycles. The van der Waals surface area contributed by atoms with Crippen LogP contribution in [0.4, 0.5) is 0 Å². The van der Waals surface area contributed by atoms with Gasteiger partial charge in [-0.25, -0.2) is 0 Å². The molecular weight excluding hydrogens is 488 g/mol. The number of ether oxygens (including phenoxy) is 1. The van der Waals surface area contributed by atoms with E-state index in [1.165, 1.54) is 11.1 Å². The van der Waals surface area contributed by atoms with Gasteiger partial charge < -0.3 is 19.6 Å². The Hall–Kier alpha value is -3.90. The summed E-state index contributed by atoms with van der Waals surface area (Å²) in [7, 11) is 0. The molecule has 0 saturated carbocycles. The molecule has 204 valence electrons. The lowest BCUT2D eigenvalue weighted by Crippen LogP contribution is -2.38. The van der Waals surface area contributed by atoms with Crippen LogP contribution in [0.25, 0.3) is 5.76 Å². The second kappa shape index (κ2) is 12.8. The predicted molar refractivity (Wildman–Crippen MR) is 155 cm³/mol. The first kappa shape index (κ1) is 28.1. The van der Waals surface area contributed by atoms with E-state index in [4.69, 9.17) is 4.74 Å². The summed E-state index contributed by atoms with van der Waals surface area (Å²) in [6.45, 7) is 11.5. The highest BCUT2D eigenvalue weighted by molar-refractivity contribution is 6.46. The molecule has 4 rings (SSSR count). The lowest BCUT2D eigenvalue weighted by atomic mass is 9.94. The molecule has 1 fully saturated rings. The Morgan fingerprint density at radius 1 is 0.872 bits per heavy atom. The van der Waals surface area contributed by atoms with Gasteiger partial charge in [0.15, 0.2) is 0 Å². The van der Waals surface area contributed by atoms with E-state index < -0.39 is 17.7 Å². The van der Waals surface area contributed by atoms with E-state index in [0.717, 1.165) is 30.6 Å². The molecule has 1 atom stereocenters. The van der Waals surface area contributed by atoms with Crippen molar-refractivity contribution < 1.29 is 19.4 Å². The molecule has 3 aromatic rings. The Bertz CT molecular complexity index is 1310. The lowest BCUT2D eigenvalue weighted by Gasteiger charge is -2.28. The molecule has 1 aliphatic heterocycles. The minimum Gasteiger partial charge on any atom is -0.507 e. The molecule has 1 amide bonds. The van der Waals surface area contributed by atoms with Gasteiger partial charge in [-0.05, 0) is 67.4 Å². The second-order valence-electron chi connectivity index (χ2n) is 9.91. The van der Waals surface area contributed by atoms with E-state index in [9.17, 15) is 14.7 Å². The molecule has 1 aliphatic rings. The normalized spacial score (nSPS) is 16.7. The number of aliphatic hydroxyl groups is 1. The second-order valence-corrected chi connectivity index (χ2v) is 9.91. The monoisotopic (exact) mass is 526 g/mol. The molecule has 39 heavy (non-hydrogen) atoms. The third kappa shape index (κ3) is 6.40. The van der Waals surface area contributed by atoms with Crippen LogP contribution in [0.5, 0.6) is 5.75 Å². The minimum atomic E-state index is -0.656. The molecule has 0 unspecified atom stereocenters. The van der Waals surface area contributed by atoms with E-state index >= 15 is 0 Å². The number of carbonyl (C=O) groups is 2. The van der Waals surface area contributed by atoms with E-state index in [1.807, 2.05) is 55.5 Å². The van der Waals surface area contributed by atoms with Crippen LogP contribution in [0.1, 0.15) is 54.6 Å². The zero-order valence-corrected chi connectivity index (χ0v) is 23.3. The Kier molecular flexibility index (Phi) is 9.20. The van der Waals surface area contributed by atoms with Crippen LogP contribution in [-0.2, 0) is 22.6 Å². The topological polar surface area (TPSA) is 70.1 Å². The summed E-state index contributed by atoms with van der Waals surface area (Å²) in [6, 6.07) is 22.4. The minimum absolute atomic E-state index is 0.122. The first-order chi connectivity index (χ1) is 18.9. The maximum atomic E-state index is 13.3. The van der Waals surface area contributed by atoms with E-state index in [2.05, 4.69) is 25.7 Å². The van der Waals surface area contributed by atoms with Gasteiger partial charge in [-0.1, -0.05) is 74.9 Å². The molecule has 0 spiro atoms. The number of likely N-dealkylation sites (tertiary alicyclic amines) is 1. The van der Waals surface area contributed by atoms with Gasteiger partial charge in [0.2, 0.25) is 0 Å². The maximum absolute atomic E-state index is 13.3. The highest BCUT2D eigenvalue weighted by Crippen LogP contribution is 2.39. The average molecular weight is 527 g/mol. The largest absolute Gasteiger partial charge is 0.507 e. The van der Waals surface area contributed by atoms with Crippen LogP contribution < -0.4 is 4.74 Å². The van der Waals surface area contributed by atoms with Crippen molar-refractivity contribution in [3.8, 4) is 5.75 Å². The number of hydrogen-bond acceptors (Lipinski definition) is 5. The predicted octanol–water partition coefficient (Wildman–Crippen LogP) is 5.90. The number of ketones is 1. The number of carbonyl (C=O) groups excluding carboxylic acids is 2. The quantitative estimate of drug-likeness (QED) is 0.191. The van der Waals surface area contributed by atoms with Crippen molar-refractivity contribution in [1.82, 2.24) is 9.80 Å². The van der Waals surface area contributed by atoms with Crippen molar-refractivity contribution in [3.63, 3.8) is 0 Å². The van der Waals surface area contributed by atoms with Gasteiger partial charge >= 0.3 is 0 Å².